The number of piperazine rings is 1. The van der Waals surface area contributed by atoms with Gasteiger partial charge in [0.2, 0.25) is 6.54 Å². The van der Waals surface area contributed by atoms with Crippen molar-refractivity contribution in [3.05, 3.63) is 76.5 Å². The molecule has 3 aromatic rings. The second kappa shape index (κ2) is 12.5. The molecule has 0 aliphatic carbocycles. The number of rotatable bonds is 7. The topological polar surface area (TPSA) is 69.4 Å². The molecule has 4 aliphatic heterocycles. The summed E-state index contributed by atoms with van der Waals surface area (Å²) < 4.78 is 20.3. The fourth-order valence-electron chi connectivity index (χ4n) is 7.76. The first-order chi connectivity index (χ1) is 21.9. The molecule has 3 fully saturated rings. The Labute approximate surface area is 268 Å². The van der Waals surface area contributed by atoms with E-state index in [0.717, 1.165) is 53.0 Å². The molecule has 45 heavy (non-hydrogen) atoms. The number of hydrogen-bond acceptors (Lipinski definition) is 7. The first kappa shape index (κ1) is 29.8. The van der Waals surface area contributed by atoms with Crippen LogP contribution in [0.2, 0.25) is 5.02 Å². The number of halogens is 2. The van der Waals surface area contributed by atoms with E-state index >= 15 is 0 Å². The van der Waals surface area contributed by atoms with Gasteiger partial charge in [-0.05, 0) is 56.3 Å². The summed E-state index contributed by atoms with van der Waals surface area (Å²) in [6.07, 6.45) is 4.28. The number of amides is 1. The molecule has 5 heterocycles. The SMILES string of the molecule is [C-]#[N+]C[C@H]1CN(c2nc(OCC3CCN4CCCC34)nc3c2CCN(c2cccc4cccc(Cl)c24)C3)CCN1C(=O)C(=C)F. The minimum atomic E-state index is -1.00. The van der Waals surface area contributed by atoms with Gasteiger partial charge in [0, 0.05) is 54.8 Å². The minimum absolute atomic E-state index is 0.0708. The second-order valence-corrected chi connectivity index (χ2v) is 12.9. The quantitative estimate of drug-likeness (QED) is 0.265. The highest BCUT2D eigenvalue weighted by molar-refractivity contribution is 6.36. The summed E-state index contributed by atoms with van der Waals surface area (Å²) >= 11 is 6.71. The van der Waals surface area contributed by atoms with Crippen LogP contribution in [0.25, 0.3) is 15.6 Å². The van der Waals surface area contributed by atoms with E-state index in [1.807, 2.05) is 12.1 Å². The maximum absolute atomic E-state index is 13.9. The van der Waals surface area contributed by atoms with E-state index in [2.05, 4.69) is 50.4 Å². The van der Waals surface area contributed by atoms with Crippen LogP contribution >= 0.6 is 11.6 Å². The molecule has 2 unspecified atom stereocenters. The second-order valence-electron chi connectivity index (χ2n) is 12.5. The van der Waals surface area contributed by atoms with E-state index in [9.17, 15) is 9.18 Å². The van der Waals surface area contributed by atoms with Gasteiger partial charge in [-0.3, -0.25) is 9.69 Å². The van der Waals surface area contributed by atoms with Crippen molar-refractivity contribution in [2.24, 2.45) is 5.92 Å². The number of carbonyl (C=O) groups excluding carboxylic acids is 1. The Morgan fingerprint density at radius 2 is 1.93 bits per heavy atom. The van der Waals surface area contributed by atoms with E-state index in [-0.39, 0.29) is 13.1 Å². The van der Waals surface area contributed by atoms with Gasteiger partial charge >= 0.3 is 6.01 Å². The molecular formula is C34H37ClFN7O2. The average molecular weight is 630 g/mol. The van der Waals surface area contributed by atoms with E-state index in [1.54, 1.807) is 0 Å². The summed E-state index contributed by atoms with van der Waals surface area (Å²) in [4.78, 5) is 34.5. The fourth-order valence-corrected chi connectivity index (χ4v) is 8.03. The fraction of sp³-hybridized carbons (Fsp3) is 0.471. The number of benzene rings is 2. The summed E-state index contributed by atoms with van der Waals surface area (Å²) in [6.45, 7) is 16.0. The average Bonchev–Trinajstić information content (AvgIpc) is 3.67. The number of carbonyl (C=O) groups is 1. The Balaban J connectivity index is 1.21. The maximum atomic E-state index is 13.9. The molecule has 1 aromatic heterocycles. The van der Waals surface area contributed by atoms with Gasteiger partial charge in [0.05, 0.1) is 23.9 Å². The lowest BCUT2D eigenvalue weighted by atomic mass is 9.99. The molecule has 0 N–H and O–H groups in total. The van der Waals surface area contributed by atoms with Gasteiger partial charge in [0.15, 0.2) is 5.83 Å². The van der Waals surface area contributed by atoms with Crippen molar-refractivity contribution < 1.29 is 13.9 Å². The van der Waals surface area contributed by atoms with Crippen molar-refractivity contribution >= 4 is 39.8 Å². The predicted octanol–water partition coefficient (Wildman–Crippen LogP) is 5.13. The van der Waals surface area contributed by atoms with Crippen LogP contribution in [0.4, 0.5) is 15.9 Å². The maximum Gasteiger partial charge on any atom is 0.318 e. The number of ether oxygens (including phenoxy) is 1. The Morgan fingerprint density at radius 1 is 1.09 bits per heavy atom. The molecule has 11 heteroatoms. The van der Waals surface area contributed by atoms with E-state index in [0.29, 0.717) is 55.7 Å². The lowest BCUT2D eigenvalue weighted by molar-refractivity contribution is -0.131. The Kier molecular flexibility index (Phi) is 8.23. The van der Waals surface area contributed by atoms with Crippen molar-refractivity contribution in [2.75, 3.05) is 62.2 Å². The summed E-state index contributed by atoms with van der Waals surface area (Å²) in [5.41, 5.74) is 3.01. The monoisotopic (exact) mass is 629 g/mol. The van der Waals surface area contributed by atoms with Gasteiger partial charge in [0.25, 0.3) is 5.91 Å². The summed E-state index contributed by atoms with van der Waals surface area (Å²) in [6, 6.07) is 12.7. The highest BCUT2D eigenvalue weighted by Crippen LogP contribution is 2.38. The van der Waals surface area contributed by atoms with Crippen LogP contribution < -0.4 is 14.5 Å². The van der Waals surface area contributed by atoms with Crippen molar-refractivity contribution in [2.45, 2.75) is 44.3 Å². The van der Waals surface area contributed by atoms with Gasteiger partial charge in [-0.25, -0.2) is 11.0 Å². The molecule has 1 amide bonds. The highest BCUT2D eigenvalue weighted by atomic mass is 35.5. The number of anilines is 2. The van der Waals surface area contributed by atoms with Crippen LogP contribution in [-0.4, -0.2) is 90.2 Å². The van der Waals surface area contributed by atoms with Crippen molar-refractivity contribution in [1.82, 2.24) is 19.8 Å². The molecule has 0 radical (unpaired) electrons. The molecule has 234 valence electrons. The molecular weight excluding hydrogens is 593 g/mol. The molecule has 0 bridgehead atoms. The highest BCUT2D eigenvalue weighted by Gasteiger charge is 2.39. The third-order valence-electron chi connectivity index (χ3n) is 9.94. The predicted molar refractivity (Wildman–Crippen MR) is 173 cm³/mol. The molecule has 3 saturated heterocycles. The molecule has 9 nitrogen and oxygen atoms in total. The zero-order valence-electron chi connectivity index (χ0n) is 25.3. The lowest BCUT2D eigenvalue weighted by Crippen LogP contribution is -2.57. The van der Waals surface area contributed by atoms with Gasteiger partial charge in [-0.1, -0.05) is 42.4 Å². The van der Waals surface area contributed by atoms with Crippen LogP contribution in [0, 0.1) is 12.5 Å². The van der Waals surface area contributed by atoms with Crippen LogP contribution in [-0.2, 0) is 17.8 Å². The smallest absolute Gasteiger partial charge is 0.318 e. The Hall–Kier alpha value is -3.94. The number of aromatic nitrogens is 2. The lowest BCUT2D eigenvalue weighted by Gasteiger charge is -2.41. The van der Waals surface area contributed by atoms with Crippen molar-refractivity contribution in [1.29, 1.82) is 0 Å². The van der Waals surface area contributed by atoms with Crippen LogP contribution in [0.1, 0.15) is 30.5 Å². The zero-order chi connectivity index (χ0) is 31.1. The van der Waals surface area contributed by atoms with E-state index < -0.39 is 17.8 Å². The summed E-state index contributed by atoms with van der Waals surface area (Å²) in [5.74, 6) is -0.522. The Bertz CT molecular complexity index is 1670. The number of hydrogen-bond donors (Lipinski definition) is 0. The number of nitrogens with zero attached hydrogens (tertiary/aromatic N) is 7. The molecule has 3 atom stereocenters. The van der Waals surface area contributed by atoms with Crippen LogP contribution in [0.15, 0.2) is 48.8 Å². The largest absolute Gasteiger partial charge is 0.463 e. The number of fused-ring (bicyclic) bond motifs is 3. The summed E-state index contributed by atoms with van der Waals surface area (Å²) in [7, 11) is 0. The first-order valence-electron chi connectivity index (χ1n) is 15.8. The van der Waals surface area contributed by atoms with E-state index in [1.165, 1.54) is 24.3 Å². The molecule has 0 spiro atoms. The van der Waals surface area contributed by atoms with Crippen LogP contribution in [0.5, 0.6) is 6.01 Å². The molecule has 7 rings (SSSR count). The third kappa shape index (κ3) is 5.68. The molecule has 2 aromatic carbocycles. The van der Waals surface area contributed by atoms with Crippen molar-refractivity contribution in [3.8, 4) is 6.01 Å². The van der Waals surface area contributed by atoms with Gasteiger partial charge in [-0.2, -0.15) is 9.97 Å². The zero-order valence-corrected chi connectivity index (χ0v) is 26.1. The van der Waals surface area contributed by atoms with E-state index in [4.69, 9.17) is 32.9 Å². The van der Waals surface area contributed by atoms with Gasteiger partial charge in [-0.15, -0.1) is 0 Å². The minimum Gasteiger partial charge on any atom is -0.463 e. The van der Waals surface area contributed by atoms with Crippen LogP contribution in [0.3, 0.4) is 0 Å². The summed E-state index contributed by atoms with van der Waals surface area (Å²) in [5, 5.41) is 2.83. The third-order valence-corrected chi connectivity index (χ3v) is 10.3. The van der Waals surface area contributed by atoms with Gasteiger partial charge < -0.3 is 24.3 Å². The van der Waals surface area contributed by atoms with Gasteiger partial charge in [0.1, 0.15) is 11.9 Å². The Morgan fingerprint density at radius 3 is 2.76 bits per heavy atom. The molecule has 0 saturated carbocycles. The first-order valence-corrected chi connectivity index (χ1v) is 16.2. The molecule has 4 aliphatic rings. The normalized spacial score (nSPS) is 23.1. The van der Waals surface area contributed by atoms with Crippen molar-refractivity contribution in [3.63, 3.8) is 0 Å². The standard InChI is InChI=1S/C34H37ClFN7O2/c1-22(36)33(44)43-17-16-42(19-25(43)18-37-2)32-26-12-15-41(30-9-4-7-23-6-3-8-27(35)31(23)30)20-28(26)38-34(39-32)45-21-24-11-14-40-13-5-10-29(24)40/h3-4,6-9,24-25,29H,1,5,10-21H2/t24?,25-,29?/m0/s1.